The number of halogens is 2. The summed E-state index contributed by atoms with van der Waals surface area (Å²) in [5.41, 5.74) is 3.12. The maximum absolute atomic E-state index is 14.4. The Balaban J connectivity index is 1.55. The van der Waals surface area contributed by atoms with Crippen LogP contribution in [0, 0.1) is 18.6 Å². The van der Waals surface area contributed by atoms with Crippen LogP contribution >= 0.6 is 11.8 Å². The molecule has 5 rings (SSSR count). The van der Waals surface area contributed by atoms with Gasteiger partial charge in [0.15, 0.2) is 4.87 Å². The fraction of sp³-hybridized carbons (Fsp3) is 0.200. The number of anilines is 2. The van der Waals surface area contributed by atoms with Gasteiger partial charge in [-0.05, 0) is 31.2 Å². The molecule has 3 aromatic carbocycles. The van der Waals surface area contributed by atoms with Gasteiger partial charge in [-0.25, -0.2) is 13.6 Å². The van der Waals surface area contributed by atoms with Gasteiger partial charge in [0.1, 0.15) is 11.6 Å². The fourth-order valence-corrected chi connectivity index (χ4v) is 5.87. The van der Waals surface area contributed by atoms with Crippen molar-refractivity contribution in [2.75, 3.05) is 22.5 Å². The Morgan fingerprint density at radius 2 is 1.88 bits per heavy atom. The predicted octanol–water partition coefficient (Wildman–Crippen LogP) is 5.25. The number of urea groups is 1. The second-order valence-electron chi connectivity index (χ2n) is 8.09. The number of nitrogens with one attached hydrogen (secondary N) is 1. The van der Waals surface area contributed by atoms with Crippen molar-refractivity contribution in [2.45, 2.75) is 18.3 Å². The average Bonchev–Trinajstić information content (AvgIpc) is 3.33. The summed E-state index contributed by atoms with van der Waals surface area (Å²) >= 11 is 1.40. The molecule has 1 fully saturated rings. The lowest BCUT2D eigenvalue weighted by Gasteiger charge is -2.33. The second-order valence-corrected chi connectivity index (χ2v) is 9.38. The van der Waals surface area contributed by atoms with Gasteiger partial charge in [0.2, 0.25) is 0 Å². The molecule has 1 atom stereocenters. The van der Waals surface area contributed by atoms with Crippen LogP contribution in [0.5, 0.6) is 0 Å². The summed E-state index contributed by atoms with van der Waals surface area (Å²) in [6, 6.07) is 17.6. The van der Waals surface area contributed by atoms with Crippen molar-refractivity contribution in [2.24, 2.45) is 0 Å². The first-order chi connectivity index (χ1) is 15.9. The number of hydrogen-bond donors (Lipinski definition) is 1. The number of thioether (sulfide) groups is 1. The van der Waals surface area contributed by atoms with E-state index in [4.69, 9.17) is 0 Å². The Labute approximate surface area is 194 Å². The molecule has 0 aliphatic carbocycles. The predicted molar refractivity (Wildman–Crippen MR) is 125 cm³/mol. The van der Waals surface area contributed by atoms with Crippen molar-refractivity contribution in [3.63, 3.8) is 0 Å². The Morgan fingerprint density at radius 3 is 2.64 bits per heavy atom. The minimum absolute atomic E-state index is 0.0581. The van der Waals surface area contributed by atoms with Crippen molar-refractivity contribution in [3.8, 4) is 0 Å². The summed E-state index contributed by atoms with van der Waals surface area (Å²) < 4.78 is 27.8. The van der Waals surface area contributed by atoms with Crippen LogP contribution in [0.15, 0.2) is 66.7 Å². The Kier molecular flexibility index (Phi) is 5.32. The maximum atomic E-state index is 14.4. The topological polar surface area (TPSA) is 52.7 Å². The lowest BCUT2D eigenvalue weighted by atomic mass is 10.0. The number of benzene rings is 3. The average molecular weight is 466 g/mol. The maximum Gasteiger partial charge on any atom is 0.323 e. The highest BCUT2D eigenvalue weighted by Crippen LogP contribution is 2.54. The Hall–Kier alpha value is -3.39. The summed E-state index contributed by atoms with van der Waals surface area (Å²) in [6.07, 6.45) is 0. The third kappa shape index (κ3) is 3.54. The normalized spacial score (nSPS) is 19.3. The smallest absolute Gasteiger partial charge is 0.308 e. The van der Waals surface area contributed by atoms with Crippen molar-refractivity contribution < 1.29 is 18.4 Å². The molecule has 1 saturated heterocycles. The van der Waals surface area contributed by atoms with E-state index in [2.05, 4.69) is 5.32 Å². The molecule has 3 aromatic rings. The number of rotatable bonds is 3. The van der Waals surface area contributed by atoms with Gasteiger partial charge in [0.25, 0.3) is 5.91 Å². The molecule has 2 aliphatic heterocycles. The first-order valence-corrected chi connectivity index (χ1v) is 11.5. The van der Waals surface area contributed by atoms with Gasteiger partial charge in [0.05, 0.1) is 12.2 Å². The van der Waals surface area contributed by atoms with Gasteiger partial charge >= 0.3 is 6.03 Å². The minimum atomic E-state index is -1.24. The van der Waals surface area contributed by atoms with Crippen LogP contribution in [0.25, 0.3) is 0 Å². The minimum Gasteiger partial charge on any atom is -0.308 e. The third-order valence-corrected chi connectivity index (χ3v) is 7.38. The van der Waals surface area contributed by atoms with E-state index >= 15 is 0 Å². The van der Waals surface area contributed by atoms with Crippen LogP contribution in [0.4, 0.5) is 25.0 Å². The standard InChI is InChI=1S/C25H21F2N3O2S/c1-16-7-10-22-20(13-16)25(23(31)29(22)15-17-8-9-18(26)14-21(17)27)30(11-12-33-25)24(32)28-19-5-3-2-4-6-19/h2-10,13-14H,11-12,15H2,1H3,(H,28,32). The molecule has 1 unspecified atom stereocenters. The number of amides is 3. The molecule has 0 radical (unpaired) electrons. The van der Waals surface area contributed by atoms with Crippen molar-refractivity contribution in [1.82, 2.24) is 4.90 Å². The molecule has 2 heterocycles. The molecular weight excluding hydrogens is 444 g/mol. The lowest BCUT2D eigenvalue weighted by molar-refractivity contribution is -0.123. The van der Waals surface area contributed by atoms with Crippen LogP contribution in [-0.4, -0.2) is 29.1 Å². The molecule has 0 saturated carbocycles. The number of para-hydroxylation sites is 1. The molecule has 5 nitrogen and oxygen atoms in total. The van der Waals surface area contributed by atoms with E-state index in [9.17, 15) is 18.4 Å². The largest absolute Gasteiger partial charge is 0.323 e. The molecule has 1 spiro atoms. The Morgan fingerprint density at radius 1 is 1.09 bits per heavy atom. The number of carbonyl (C=O) groups is 2. The van der Waals surface area contributed by atoms with Crippen LogP contribution in [-0.2, 0) is 16.2 Å². The van der Waals surface area contributed by atoms with Crippen LogP contribution in [0.3, 0.4) is 0 Å². The highest BCUT2D eigenvalue weighted by Gasteiger charge is 2.59. The van der Waals surface area contributed by atoms with Crippen molar-refractivity contribution in [1.29, 1.82) is 0 Å². The van der Waals surface area contributed by atoms with Gasteiger partial charge in [-0.3, -0.25) is 9.69 Å². The van der Waals surface area contributed by atoms with Gasteiger partial charge in [-0.15, -0.1) is 11.8 Å². The lowest BCUT2D eigenvalue weighted by Crippen LogP contribution is -2.51. The molecule has 3 amide bonds. The molecular formula is C25H21F2N3O2S. The molecule has 8 heteroatoms. The first-order valence-electron chi connectivity index (χ1n) is 10.5. The van der Waals surface area contributed by atoms with E-state index in [-0.39, 0.29) is 24.0 Å². The number of nitrogens with zero attached hydrogens (tertiary/aromatic N) is 2. The number of fused-ring (bicyclic) bond motifs is 2. The molecule has 2 aliphatic rings. The van der Waals surface area contributed by atoms with Crippen molar-refractivity contribution >= 4 is 35.1 Å². The molecule has 0 bridgehead atoms. The summed E-state index contributed by atoms with van der Waals surface area (Å²) in [4.78, 5) is 29.1. The van der Waals surface area contributed by atoms with Crippen LogP contribution in [0.2, 0.25) is 0 Å². The van der Waals surface area contributed by atoms with Gasteiger partial charge in [0, 0.05) is 35.2 Å². The number of hydrogen-bond acceptors (Lipinski definition) is 3. The van der Waals surface area contributed by atoms with E-state index in [0.717, 1.165) is 11.6 Å². The van der Waals surface area contributed by atoms with E-state index in [1.165, 1.54) is 28.8 Å². The summed E-state index contributed by atoms with van der Waals surface area (Å²) in [6.45, 7) is 2.26. The third-order valence-electron chi connectivity index (χ3n) is 5.96. The Bertz CT molecular complexity index is 1250. The van der Waals surface area contributed by atoms with Crippen molar-refractivity contribution in [3.05, 3.63) is 95.1 Å². The fourth-order valence-electron chi connectivity index (χ4n) is 4.42. The summed E-state index contributed by atoms with van der Waals surface area (Å²) in [7, 11) is 0. The summed E-state index contributed by atoms with van der Waals surface area (Å²) in [5, 5.41) is 2.88. The quantitative estimate of drug-likeness (QED) is 0.575. The molecule has 168 valence electrons. The van der Waals surface area contributed by atoms with Gasteiger partial charge in [-0.1, -0.05) is 42.0 Å². The zero-order chi connectivity index (χ0) is 23.2. The zero-order valence-electron chi connectivity index (χ0n) is 17.8. The molecule has 33 heavy (non-hydrogen) atoms. The molecule has 1 N–H and O–H groups in total. The second kappa shape index (κ2) is 8.19. The SMILES string of the molecule is Cc1ccc2c(c1)C1(SCCN1C(=O)Nc1ccccc1)C(=O)N2Cc1ccc(F)cc1F. The van der Waals surface area contributed by atoms with E-state index in [1.807, 2.05) is 43.3 Å². The van der Waals surface area contributed by atoms with E-state index in [0.29, 0.717) is 29.2 Å². The first kappa shape index (κ1) is 21.5. The molecule has 0 aromatic heterocycles. The van der Waals surface area contributed by atoms with Gasteiger partial charge in [-0.2, -0.15) is 0 Å². The zero-order valence-corrected chi connectivity index (χ0v) is 18.7. The highest BCUT2D eigenvalue weighted by atomic mass is 32.2. The highest BCUT2D eigenvalue weighted by molar-refractivity contribution is 8.01. The van der Waals surface area contributed by atoms with Crippen LogP contribution in [0.1, 0.15) is 16.7 Å². The number of aryl methyl sites for hydroxylation is 1. The van der Waals surface area contributed by atoms with E-state index in [1.54, 1.807) is 17.0 Å². The van der Waals surface area contributed by atoms with E-state index < -0.39 is 16.5 Å². The van der Waals surface area contributed by atoms with Gasteiger partial charge < -0.3 is 10.2 Å². The summed E-state index contributed by atoms with van der Waals surface area (Å²) in [5.74, 6) is -1.11. The van der Waals surface area contributed by atoms with Crippen LogP contribution < -0.4 is 10.2 Å². The number of carbonyl (C=O) groups excluding carboxylic acids is 2. The monoisotopic (exact) mass is 465 g/mol.